The summed E-state index contributed by atoms with van der Waals surface area (Å²) in [5.74, 6) is 0.699. The molecule has 0 radical (unpaired) electrons. The fraction of sp³-hybridized carbons (Fsp3) is 0.286. The van der Waals surface area contributed by atoms with Crippen molar-refractivity contribution in [3.8, 4) is 0 Å². The van der Waals surface area contributed by atoms with Crippen LogP contribution in [0, 0.1) is 6.92 Å². The van der Waals surface area contributed by atoms with Crippen molar-refractivity contribution in [2.24, 2.45) is 0 Å². The summed E-state index contributed by atoms with van der Waals surface area (Å²) in [5, 5.41) is 0.309. The Kier molecular flexibility index (Phi) is 3.03. The van der Waals surface area contributed by atoms with Crippen LogP contribution in [0.1, 0.15) is 17.5 Å². The van der Waals surface area contributed by atoms with E-state index in [0.717, 1.165) is 19.4 Å². The lowest BCUT2D eigenvalue weighted by Gasteiger charge is -2.31. The Morgan fingerprint density at radius 3 is 3.00 bits per heavy atom. The minimum Gasteiger partial charge on any atom is -0.393 e. The molecule has 5 heteroatoms. The lowest BCUT2D eigenvalue weighted by molar-refractivity contribution is 0.758. The van der Waals surface area contributed by atoms with Gasteiger partial charge in [0.05, 0.1) is 0 Å². The Bertz CT molecular complexity index is 627. The maximum absolute atomic E-state index is 6.00. The van der Waals surface area contributed by atoms with Gasteiger partial charge in [0, 0.05) is 12.2 Å². The van der Waals surface area contributed by atoms with Crippen molar-refractivity contribution >= 4 is 28.8 Å². The van der Waals surface area contributed by atoms with Crippen molar-refractivity contribution in [3.05, 3.63) is 40.8 Å². The molecular weight excluding hydrogens is 260 g/mol. The molecule has 0 saturated carbocycles. The first-order valence-corrected chi connectivity index (χ1v) is 6.67. The summed E-state index contributed by atoms with van der Waals surface area (Å²) in [4.78, 5) is 10.3. The van der Waals surface area contributed by atoms with Crippen LogP contribution < -0.4 is 10.6 Å². The zero-order valence-electron chi connectivity index (χ0n) is 10.7. The summed E-state index contributed by atoms with van der Waals surface area (Å²) in [5.41, 5.74) is 10.2. The summed E-state index contributed by atoms with van der Waals surface area (Å²) < 4.78 is 0. The number of nitrogens with zero attached hydrogens (tertiary/aromatic N) is 3. The fourth-order valence-electron chi connectivity index (χ4n) is 2.53. The van der Waals surface area contributed by atoms with Crippen molar-refractivity contribution in [1.29, 1.82) is 0 Å². The fourth-order valence-corrected chi connectivity index (χ4v) is 2.65. The molecule has 0 spiro atoms. The van der Waals surface area contributed by atoms with Crippen molar-refractivity contribution < 1.29 is 0 Å². The van der Waals surface area contributed by atoms with E-state index in [1.165, 1.54) is 23.1 Å². The zero-order valence-corrected chi connectivity index (χ0v) is 11.5. The second kappa shape index (κ2) is 4.70. The summed E-state index contributed by atoms with van der Waals surface area (Å²) in [6.45, 7) is 3.00. The van der Waals surface area contributed by atoms with Crippen LogP contribution in [0.3, 0.4) is 0 Å². The Labute approximate surface area is 117 Å². The zero-order chi connectivity index (χ0) is 13.4. The minimum absolute atomic E-state index is 0.309. The first kappa shape index (κ1) is 12.2. The number of hydrogen-bond acceptors (Lipinski definition) is 4. The third kappa shape index (κ3) is 2.12. The van der Waals surface area contributed by atoms with Crippen molar-refractivity contribution in [2.45, 2.75) is 19.8 Å². The Morgan fingerprint density at radius 2 is 2.16 bits per heavy atom. The van der Waals surface area contributed by atoms with Crippen LogP contribution >= 0.6 is 11.6 Å². The molecule has 0 amide bonds. The molecule has 0 bridgehead atoms. The first-order valence-electron chi connectivity index (χ1n) is 6.30. The van der Waals surface area contributed by atoms with Crippen LogP contribution in [0.15, 0.2) is 24.5 Å². The van der Waals surface area contributed by atoms with Gasteiger partial charge in [-0.1, -0.05) is 29.3 Å². The van der Waals surface area contributed by atoms with Crippen LogP contribution in [-0.2, 0) is 6.42 Å². The summed E-state index contributed by atoms with van der Waals surface area (Å²) >= 11 is 5.98. The van der Waals surface area contributed by atoms with Gasteiger partial charge in [0.15, 0.2) is 11.0 Å². The average Bonchev–Trinajstić information content (AvgIpc) is 2.41. The summed E-state index contributed by atoms with van der Waals surface area (Å²) in [6.07, 6.45) is 3.63. The number of benzene rings is 1. The monoisotopic (exact) mass is 274 g/mol. The minimum atomic E-state index is 0.309. The van der Waals surface area contributed by atoms with Crippen molar-refractivity contribution in [3.63, 3.8) is 0 Å². The molecule has 1 aromatic carbocycles. The normalized spacial score (nSPS) is 14.3. The molecule has 2 heterocycles. The smallest absolute Gasteiger partial charge is 0.161 e. The maximum atomic E-state index is 6.00. The van der Waals surface area contributed by atoms with E-state index < -0.39 is 0 Å². The molecule has 2 N–H and O–H groups in total. The second-order valence-corrected chi connectivity index (χ2v) is 5.15. The van der Waals surface area contributed by atoms with Gasteiger partial charge < -0.3 is 10.6 Å². The molecular formula is C14H15ClN4. The van der Waals surface area contributed by atoms with Crippen LogP contribution in [0.25, 0.3) is 0 Å². The Hall–Kier alpha value is -1.81. The number of fused-ring (bicyclic) bond motifs is 1. The number of hydrogen-bond donors (Lipinski definition) is 1. The number of anilines is 3. The average molecular weight is 275 g/mol. The highest BCUT2D eigenvalue weighted by Crippen LogP contribution is 2.36. The molecule has 1 aromatic heterocycles. The van der Waals surface area contributed by atoms with Gasteiger partial charge in [-0.15, -0.1) is 0 Å². The highest BCUT2D eigenvalue weighted by molar-refractivity contribution is 6.32. The molecule has 1 aliphatic heterocycles. The van der Waals surface area contributed by atoms with Crippen LogP contribution in [-0.4, -0.2) is 16.5 Å². The number of aryl methyl sites for hydroxylation is 2. The van der Waals surface area contributed by atoms with Crippen LogP contribution in [0.5, 0.6) is 0 Å². The topological polar surface area (TPSA) is 55.0 Å². The van der Waals surface area contributed by atoms with E-state index in [-0.39, 0.29) is 0 Å². The second-order valence-electron chi connectivity index (χ2n) is 4.79. The quantitative estimate of drug-likeness (QED) is 0.812. The van der Waals surface area contributed by atoms with E-state index >= 15 is 0 Å². The van der Waals surface area contributed by atoms with E-state index in [4.69, 9.17) is 17.3 Å². The number of aromatic nitrogens is 2. The number of nitrogens with two attached hydrogens (primary N) is 1. The Morgan fingerprint density at radius 1 is 1.32 bits per heavy atom. The third-order valence-electron chi connectivity index (χ3n) is 3.42. The molecule has 0 aliphatic carbocycles. The summed E-state index contributed by atoms with van der Waals surface area (Å²) in [6, 6.07) is 6.45. The van der Waals surface area contributed by atoms with Gasteiger partial charge in [-0.3, -0.25) is 0 Å². The largest absolute Gasteiger partial charge is 0.393 e. The van der Waals surface area contributed by atoms with Gasteiger partial charge in [-0.05, 0) is 31.4 Å². The SMILES string of the molecule is Cc1ccc2c(c1)CCCN2c1ncnc(Cl)c1N. The third-order valence-corrected chi connectivity index (χ3v) is 3.72. The molecule has 2 aromatic rings. The van der Waals surface area contributed by atoms with Crippen LogP contribution in [0.2, 0.25) is 5.15 Å². The van der Waals surface area contributed by atoms with Crippen LogP contribution in [0.4, 0.5) is 17.2 Å². The van der Waals surface area contributed by atoms with E-state index in [1.54, 1.807) is 0 Å². The predicted octanol–water partition coefficient (Wildman–Crippen LogP) is 3.10. The van der Waals surface area contributed by atoms with Crippen molar-refractivity contribution in [2.75, 3.05) is 17.2 Å². The number of rotatable bonds is 1. The lowest BCUT2D eigenvalue weighted by Crippen LogP contribution is -2.26. The van der Waals surface area contributed by atoms with Gasteiger partial charge >= 0.3 is 0 Å². The summed E-state index contributed by atoms with van der Waals surface area (Å²) in [7, 11) is 0. The predicted molar refractivity (Wildman–Crippen MR) is 78.0 cm³/mol. The molecule has 4 nitrogen and oxygen atoms in total. The molecule has 0 saturated heterocycles. The van der Waals surface area contributed by atoms with Gasteiger partial charge in [-0.25, -0.2) is 9.97 Å². The highest BCUT2D eigenvalue weighted by Gasteiger charge is 2.22. The first-order chi connectivity index (χ1) is 9.16. The molecule has 19 heavy (non-hydrogen) atoms. The molecule has 1 aliphatic rings. The molecule has 0 atom stereocenters. The molecule has 3 rings (SSSR count). The van der Waals surface area contributed by atoms with Gasteiger partial charge in [-0.2, -0.15) is 0 Å². The Balaban J connectivity index is 2.11. The number of nitrogen functional groups attached to an aromatic ring is 1. The van der Waals surface area contributed by atoms with E-state index in [9.17, 15) is 0 Å². The van der Waals surface area contributed by atoms with Gasteiger partial charge in [0.2, 0.25) is 0 Å². The maximum Gasteiger partial charge on any atom is 0.161 e. The molecule has 0 fully saturated rings. The van der Waals surface area contributed by atoms with Gasteiger partial charge in [0.1, 0.15) is 12.0 Å². The highest BCUT2D eigenvalue weighted by atomic mass is 35.5. The van der Waals surface area contributed by atoms with Gasteiger partial charge in [0.25, 0.3) is 0 Å². The standard InChI is InChI=1S/C14H15ClN4/c1-9-4-5-11-10(7-9)3-2-6-19(11)14-12(16)13(15)17-8-18-14/h4-5,7-8H,2-3,6,16H2,1H3. The van der Waals surface area contributed by atoms with E-state index in [1.807, 2.05) is 0 Å². The molecule has 0 unspecified atom stereocenters. The van der Waals surface area contributed by atoms with E-state index in [0.29, 0.717) is 16.7 Å². The lowest BCUT2D eigenvalue weighted by atomic mass is 9.99. The molecule has 98 valence electrons. The van der Waals surface area contributed by atoms with Crippen molar-refractivity contribution in [1.82, 2.24) is 9.97 Å². The number of halogens is 1. The van der Waals surface area contributed by atoms with E-state index in [2.05, 4.69) is 40.0 Å².